The SMILES string of the molecule is Nc1nc2ncc(CNc3ccc(C(=O)N[C@@H](CCC(=O)Oc4nccs4)C(=O)Oc4nccs4)cc3)nc2c(=O)[nH]1. The second-order valence-electron chi connectivity index (χ2n) is 8.47. The van der Waals surface area contributed by atoms with Crippen molar-refractivity contribution in [2.24, 2.45) is 0 Å². The first-order valence-electron chi connectivity index (χ1n) is 12.2. The maximum Gasteiger partial charge on any atom is 0.335 e. The zero-order chi connectivity index (χ0) is 29.5. The number of aromatic amines is 1. The van der Waals surface area contributed by atoms with Crippen LogP contribution in [0, 0.1) is 0 Å². The molecule has 17 heteroatoms. The van der Waals surface area contributed by atoms with Crippen LogP contribution in [0.25, 0.3) is 11.2 Å². The highest BCUT2D eigenvalue weighted by Gasteiger charge is 2.26. The first-order chi connectivity index (χ1) is 20.3. The van der Waals surface area contributed by atoms with Gasteiger partial charge in [0.25, 0.3) is 21.9 Å². The highest BCUT2D eigenvalue weighted by Crippen LogP contribution is 2.18. The van der Waals surface area contributed by atoms with Crippen molar-refractivity contribution >= 4 is 63.3 Å². The van der Waals surface area contributed by atoms with Gasteiger partial charge in [-0.1, -0.05) is 22.7 Å². The lowest BCUT2D eigenvalue weighted by atomic mass is 10.1. The molecule has 0 saturated carbocycles. The molecule has 1 amide bonds. The van der Waals surface area contributed by atoms with E-state index >= 15 is 0 Å². The van der Waals surface area contributed by atoms with Crippen LogP contribution >= 0.6 is 22.7 Å². The quantitative estimate of drug-likeness (QED) is 0.158. The summed E-state index contributed by atoms with van der Waals surface area (Å²) in [5, 5.41) is 9.34. The molecule has 0 bridgehead atoms. The molecule has 0 aliphatic heterocycles. The number of carbonyl (C=O) groups is 3. The third-order valence-electron chi connectivity index (χ3n) is 5.54. The Bertz CT molecular complexity index is 1760. The number of aromatic nitrogens is 6. The number of ether oxygens (including phenoxy) is 2. The van der Waals surface area contributed by atoms with E-state index in [1.165, 1.54) is 18.6 Å². The first kappa shape index (κ1) is 28.2. The van der Waals surface area contributed by atoms with Crippen LogP contribution in [0.15, 0.2) is 58.4 Å². The first-order valence-corrected chi connectivity index (χ1v) is 14.0. The average Bonchev–Trinajstić information content (AvgIpc) is 3.69. The molecule has 5 aromatic rings. The summed E-state index contributed by atoms with van der Waals surface area (Å²) >= 11 is 2.26. The molecule has 0 unspecified atom stereocenters. The summed E-state index contributed by atoms with van der Waals surface area (Å²) in [5.41, 5.74) is 6.64. The topological polar surface area (TPSA) is 217 Å². The fourth-order valence-corrected chi connectivity index (χ4v) is 4.56. The molecule has 0 radical (unpaired) electrons. The normalized spacial score (nSPS) is 11.5. The van der Waals surface area contributed by atoms with Crippen molar-refractivity contribution in [2.75, 3.05) is 11.1 Å². The number of H-pyrrole nitrogens is 1. The number of rotatable bonds is 11. The fourth-order valence-electron chi connectivity index (χ4n) is 3.57. The van der Waals surface area contributed by atoms with E-state index in [9.17, 15) is 19.2 Å². The van der Waals surface area contributed by atoms with Crippen molar-refractivity contribution < 1.29 is 23.9 Å². The summed E-state index contributed by atoms with van der Waals surface area (Å²) in [4.78, 5) is 72.6. The number of nitrogen functional groups attached to an aromatic ring is 1. The number of amides is 1. The van der Waals surface area contributed by atoms with Crippen molar-refractivity contribution in [3.05, 3.63) is 75.2 Å². The van der Waals surface area contributed by atoms with E-state index in [2.05, 4.69) is 40.5 Å². The minimum Gasteiger partial charge on any atom is -0.398 e. The van der Waals surface area contributed by atoms with Crippen LogP contribution in [-0.4, -0.2) is 53.8 Å². The Balaban J connectivity index is 1.20. The van der Waals surface area contributed by atoms with Crippen LogP contribution in [0.3, 0.4) is 0 Å². The molecule has 15 nitrogen and oxygen atoms in total. The van der Waals surface area contributed by atoms with Gasteiger partial charge in [0, 0.05) is 40.8 Å². The fraction of sp³-hybridized carbons (Fsp3) is 0.160. The molecule has 4 aromatic heterocycles. The summed E-state index contributed by atoms with van der Waals surface area (Å²) in [6.07, 6.45) is 4.20. The number of carbonyl (C=O) groups excluding carboxylic acids is 3. The van der Waals surface area contributed by atoms with Gasteiger partial charge in [-0.3, -0.25) is 19.4 Å². The third kappa shape index (κ3) is 7.26. The zero-order valence-corrected chi connectivity index (χ0v) is 23.1. The van der Waals surface area contributed by atoms with Crippen molar-refractivity contribution in [1.82, 2.24) is 35.2 Å². The number of anilines is 2. The van der Waals surface area contributed by atoms with Gasteiger partial charge in [-0.15, -0.1) is 0 Å². The van der Waals surface area contributed by atoms with Gasteiger partial charge in [0.15, 0.2) is 11.2 Å². The maximum absolute atomic E-state index is 13.0. The zero-order valence-electron chi connectivity index (χ0n) is 21.5. The Morgan fingerprint density at radius 3 is 2.38 bits per heavy atom. The summed E-state index contributed by atoms with van der Waals surface area (Å²) in [6, 6.07) is 5.28. The summed E-state index contributed by atoms with van der Waals surface area (Å²) in [6.45, 7) is 0.236. The summed E-state index contributed by atoms with van der Waals surface area (Å²) in [7, 11) is 0. The lowest BCUT2D eigenvalue weighted by molar-refractivity contribution is -0.137. The van der Waals surface area contributed by atoms with Crippen LogP contribution in [0.1, 0.15) is 28.9 Å². The van der Waals surface area contributed by atoms with E-state index in [1.807, 2.05) is 0 Å². The van der Waals surface area contributed by atoms with Crippen LogP contribution in [0.5, 0.6) is 10.4 Å². The number of esters is 2. The lowest BCUT2D eigenvalue weighted by Crippen LogP contribution is -2.43. The van der Waals surface area contributed by atoms with Crippen molar-refractivity contribution in [3.8, 4) is 10.4 Å². The minimum atomic E-state index is -1.15. The Morgan fingerprint density at radius 2 is 1.69 bits per heavy atom. The standard InChI is InChI=1S/C25H21N9O6S2/c26-23-33-19-18(21(37)34-23)31-15(12-30-19)11-29-14-3-1-13(2-4-14)20(36)32-16(22(38)40-25-28-8-10-42-25)5-6-17(35)39-24-27-7-9-41-24/h1-4,7-10,12,16,29H,5-6,11H2,(H,32,36)(H3,26,30,33,34,37)/t16-/m0/s1. The van der Waals surface area contributed by atoms with Gasteiger partial charge in [-0.25, -0.2) is 24.7 Å². The van der Waals surface area contributed by atoms with Crippen molar-refractivity contribution in [1.29, 1.82) is 0 Å². The molecule has 1 aromatic carbocycles. The predicted molar refractivity (Wildman–Crippen MR) is 152 cm³/mol. The van der Waals surface area contributed by atoms with Gasteiger partial charge in [0.1, 0.15) is 6.04 Å². The molecule has 0 saturated heterocycles. The van der Waals surface area contributed by atoms with Crippen molar-refractivity contribution in [3.63, 3.8) is 0 Å². The van der Waals surface area contributed by atoms with Gasteiger partial charge in [0.2, 0.25) is 5.95 Å². The number of hydrogen-bond donors (Lipinski definition) is 4. The number of fused-ring (bicyclic) bond motifs is 1. The maximum atomic E-state index is 13.0. The van der Waals surface area contributed by atoms with Gasteiger partial charge >= 0.3 is 11.9 Å². The minimum absolute atomic E-state index is 0.0475. The summed E-state index contributed by atoms with van der Waals surface area (Å²) in [5.74, 6) is -1.98. The highest BCUT2D eigenvalue weighted by molar-refractivity contribution is 7.11. The average molecular weight is 608 g/mol. The molecule has 4 heterocycles. The van der Waals surface area contributed by atoms with Gasteiger partial charge in [-0.05, 0) is 30.7 Å². The van der Waals surface area contributed by atoms with Gasteiger partial charge in [-0.2, -0.15) is 4.98 Å². The number of hydrogen-bond acceptors (Lipinski definition) is 15. The summed E-state index contributed by atoms with van der Waals surface area (Å²) < 4.78 is 10.4. The van der Waals surface area contributed by atoms with Gasteiger partial charge < -0.3 is 25.8 Å². The molecular weight excluding hydrogens is 586 g/mol. The van der Waals surface area contributed by atoms with Crippen LogP contribution in [0.4, 0.5) is 11.6 Å². The molecule has 5 rings (SSSR count). The molecule has 42 heavy (non-hydrogen) atoms. The van der Waals surface area contributed by atoms with E-state index in [0.29, 0.717) is 11.4 Å². The van der Waals surface area contributed by atoms with E-state index < -0.39 is 29.4 Å². The number of thiazole rings is 2. The van der Waals surface area contributed by atoms with Crippen LogP contribution in [0.2, 0.25) is 0 Å². The molecule has 0 aliphatic carbocycles. The second-order valence-corrected chi connectivity index (χ2v) is 10.2. The number of nitrogens with zero attached hydrogens (tertiary/aromatic N) is 5. The highest BCUT2D eigenvalue weighted by atomic mass is 32.1. The molecule has 0 spiro atoms. The van der Waals surface area contributed by atoms with E-state index in [-0.39, 0.29) is 52.4 Å². The molecule has 5 N–H and O–H groups in total. The molecular formula is C25H21N9O6S2. The van der Waals surface area contributed by atoms with E-state index in [1.54, 1.807) is 35.0 Å². The Hall–Kier alpha value is -5.29. The predicted octanol–water partition coefficient (Wildman–Crippen LogP) is 1.91. The smallest absolute Gasteiger partial charge is 0.335 e. The van der Waals surface area contributed by atoms with E-state index in [4.69, 9.17) is 15.2 Å². The van der Waals surface area contributed by atoms with E-state index in [0.717, 1.165) is 22.7 Å². The number of nitrogens with two attached hydrogens (primary N) is 1. The Labute approximate surface area is 244 Å². The Morgan fingerprint density at radius 1 is 0.976 bits per heavy atom. The molecule has 214 valence electrons. The van der Waals surface area contributed by atoms with Crippen LogP contribution < -0.4 is 31.4 Å². The molecule has 0 aliphatic rings. The van der Waals surface area contributed by atoms with Gasteiger partial charge in [0.05, 0.1) is 18.4 Å². The molecule has 0 fully saturated rings. The monoisotopic (exact) mass is 607 g/mol. The van der Waals surface area contributed by atoms with Crippen LogP contribution in [-0.2, 0) is 16.1 Å². The largest absolute Gasteiger partial charge is 0.398 e. The number of benzene rings is 1. The number of nitrogens with one attached hydrogen (secondary N) is 3. The van der Waals surface area contributed by atoms with Crippen molar-refractivity contribution in [2.45, 2.75) is 25.4 Å². The lowest BCUT2D eigenvalue weighted by Gasteiger charge is -2.16. The Kier molecular flexibility index (Phi) is 8.69. The second kappa shape index (κ2) is 12.9. The molecule has 1 atom stereocenters. The third-order valence-corrected chi connectivity index (χ3v) is 6.84.